The summed E-state index contributed by atoms with van der Waals surface area (Å²) in [5.41, 5.74) is 1.26. The molecule has 4 nitrogen and oxygen atoms in total. The number of carbonyl (C=O) groups excluding carboxylic acids is 1. The Kier molecular flexibility index (Phi) is 4.80. The Morgan fingerprint density at radius 2 is 2.11 bits per heavy atom. The molecule has 4 heteroatoms. The number of benzene rings is 1. The Hall–Kier alpha value is -1.55. The van der Waals surface area contributed by atoms with Crippen LogP contribution in [0.5, 0.6) is 5.75 Å². The summed E-state index contributed by atoms with van der Waals surface area (Å²) in [6.45, 7) is 2.56. The van der Waals surface area contributed by atoms with Gasteiger partial charge >= 0.3 is 5.97 Å². The Bertz CT molecular complexity index is 427. The van der Waals surface area contributed by atoms with Gasteiger partial charge in [0.25, 0.3) is 0 Å². The molecule has 0 spiro atoms. The van der Waals surface area contributed by atoms with Crippen LogP contribution in [0, 0.1) is 0 Å². The molecule has 19 heavy (non-hydrogen) atoms. The lowest BCUT2D eigenvalue weighted by Gasteiger charge is -2.36. The van der Waals surface area contributed by atoms with Crippen LogP contribution in [0.15, 0.2) is 24.3 Å². The molecule has 0 atom stereocenters. The molecule has 0 unspecified atom stereocenters. The van der Waals surface area contributed by atoms with E-state index in [1.54, 1.807) is 7.11 Å². The SMILES string of the molecule is CCOC(=O)CNC1CC(c2ccccc2OC)C1. The number of nitrogens with one attached hydrogen (secondary N) is 1. The van der Waals surface area contributed by atoms with Crippen molar-refractivity contribution in [3.05, 3.63) is 29.8 Å². The van der Waals surface area contributed by atoms with Crippen molar-refractivity contribution in [2.45, 2.75) is 31.7 Å². The number of hydrogen-bond donors (Lipinski definition) is 1. The maximum atomic E-state index is 11.2. The van der Waals surface area contributed by atoms with Gasteiger partial charge in [0.1, 0.15) is 5.75 Å². The van der Waals surface area contributed by atoms with Crippen molar-refractivity contribution in [3.8, 4) is 5.75 Å². The topological polar surface area (TPSA) is 47.6 Å². The molecule has 1 saturated carbocycles. The van der Waals surface area contributed by atoms with Crippen LogP contribution < -0.4 is 10.1 Å². The number of esters is 1. The molecule has 1 N–H and O–H groups in total. The van der Waals surface area contributed by atoms with Gasteiger partial charge in [0.2, 0.25) is 0 Å². The zero-order valence-electron chi connectivity index (χ0n) is 11.5. The molecule has 1 aliphatic carbocycles. The van der Waals surface area contributed by atoms with E-state index in [0.717, 1.165) is 18.6 Å². The van der Waals surface area contributed by atoms with Crippen LogP contribution in [0.4, 0.5) is 0 Å². The summed E-state index contributed by atoms with van der Waals surface area (Å²) < 4.78 is 10.3. The number of rotatable bonds is 6. The molecule has 104 valence electrons. The minimum absolute atomic E-state index is 0.178. The van der Waals surface area contributed by atoms with Crippen molar-refractivity contribution in [2.24, 2.45) is 0 Å². The minimum Gasteiger partial charge on any atom is -0.496 e. The lowest BCUT2D eigenvalue weighted by atomic mass is 9.75. The molecule has 1 aromatic carbocycles. The van der Waals surface area contributed by atoms with Crippen molar-refractivity contribution < 1.29 is 14.3 Å². The van der Waals surface area contributed by atoms with Gasteiger partial charge in [-0.1, -0.05) is 18.2 Å². The van der Waals surface area contributed by atoms with E-state index in [0.29, 0.717) is 25.1 Å². The summed E-state index contributed by atoms with van der Waals surface area (Å²) in [4.78, 5) is 11.2. The molecule has 0 heterocycles. The van der Waals surface area contributed by atoms with Gasteiger partial charge in [-0.25, -0.2) is 0 Å². The van der Waals surface area contributed by atoms with E-state index in [2.05, 4.69) is 11.4 Å². The second-order valence-electron chi connectivity index (χ2n) is 4.79. The van der Waals surface area contributed by atoms with Crippen LogP contribution in [0.3, 0.4) is 0 Å². The average Bonchev–Trinajstić information content (AvgIpc) is 2.37. The number of para-hydroxylation sites is 1. The maximum absolute atomic E-state index is 11.2. The summed E-state index contributed by atoms with van der Waals surface area (Å²) in [5.74, 6) is 1.30. The normalized spacial score (nSPS) is 21.6. The van der Waals surface area contributed by atoms with Gasteiger partial charge in [-0.05, 0) is 37.3 Å². The Labute approximate surface area is 114 Å². The van der Waals surface area contributed by atoms with Gasteiger partial charge in [-0.2, -0.15) is 0 Å². The van der Waals surface area contributed by atoms with E-state index in [1.807, 2.05) is 25.1 Å². The Balaban J connectivity index is 1.78. The highest BCUT2D eigenvalue weighted by Crippen LogP contribution is 2.40. The molecule has 2 rings (SSSR count). The Morgan fingerprint density at radius 3 is 2.79 bits per heavy atom. The average molecular weight is 263 g/mol. The first-order chi connectivity index (χ1) is 9.24. The minimum atomic E-state index is -0.178. The van der Waals surface area contributed by atoms with Gasteiger partial charge in [0, 0.05) is 6.04 Å². The Morgan fingerprint density at radius 1 is 1.37 bits per heavy atom. The van der Waals surface area contributed by atoms with Gasteiger partial charge in [0.05, 0.1) is 20.3 Å². The third-order valence-electron chi connectivity index (χ3n) is 3.56. The van der Waals surface area contributed by atoms with Crippen LogP contribution in [0.25, 0.3) is 0 Å². The molecule has 0 radical (unpaired) electrons. The molecule has 0 saturated heterocycles. The number of ether oxygens (including phenoxy) is 2. The predicted octanol–water partition coefficient (Wildman–Crippen LogP) is 2.09. The van der Waals surface area contributed by atoms with Crippen molar-refractivity contribution in [3.63, 3.8) is 0 Å². The van der Waals surface area contributed by atoms with Crippen molar-refractivity contribution in [2.75, 3.05) is 20.3 Å². The summed E-state index contributed by atoms with van der Waals surface area (Å²) in [5, 5.41) is 3.23. The highest BCUT2D eigenvalue weighted by Gasteiger charge is 2.31. The number of hydrogen-bond acceptors (Lipinski definition) is 4. The molecule has 1 fully saturated rings. The summed E-state index contributed by atoms with van der Waals surface area (Å²) in [6.07, 6.45) is 2.08. The molecule has 1 aliphatic rings. The quantitative estimate of drug-likeness (QED) is 0.798. The highest BCUT2D eigenvalue weighted by molar-refractivity contribution is 5.71. The third kappa shape index (κ3) is 3.47. The molecule has 0 aliphatic heterocycles. The van der Waals surface area contributed by atoms with E-state index in [4.69, 9.17) is 9.47 Å². The lowest BCUT2D eigenvalue weighted by molar-refractivity contribution is -0.142. The van der Waals surface area contributed by atoms with Crippen molar-refractivity contribution in [1.29, 1.82) is 0 Å². The lowest BCUT2D eigenvalue weighted by Crippen LogP contribution is -2.42. The number of carbonyl (C=O) groups is 1. The smallest absolute Gasteiger partial charge is 0.319 e. The summed E-state index contributed by atoms with van der Waals surface area (Å²) >= 11 is 0. The fourth-order valence-corrected chi connectivity index (χ4v) is 2.48. The summed E-state index contributed by atoms with van der Waals surface area (Å²) in [6, 6.07) is 8.54. The van der Waals surface area contributed by atoms with E-state index in [9.17, 15) is 4.79 Å². The van der Waals surface area contributed by atoms with Crippen molar-refractivity contribution in [1.82, 2.24) is 5.32 Å². The fraction of sp³-hybridized carbons (Fsp3) is 0.533. The molecular weight excluding hydrogens is 242 g/mol. The van der Waals surface area contributed by atoms with Crippen LogP contribution in [0.2, 0.25) is 0 Å². The highest BCUT2D eigenvalue weighted by atomic mass is 16.5. The first kappa shape index (κ1) is 13.9. The number of methoxy groups -OCH3 is 1. The zero-order chi connectivity index (χ0) is 13.7. The molecule has 1 aromatic rings. The van der Waals surface area contributed by atoms with Gasteiger partial charge in [0.15, 0.2) is 0 Å². The van der Waals surface area contributed by atoms with E-state index < -0.39 is 0 Å². The molecular formula is C15H21NO3. The first-order valence-corrected chi connectivity index (χ1v) is 6.76. The van der Waals surface area contributed by atoms with Crippen molar-refractivity contribution >= 4 is 5.97 Å². The zero-order valence-corrected chi connectivity index (χ0v) is 11.5. The molecule has 0 aromatic heterocycles. The van der Waals surface area contributed by atoms with Gasteiger partial charge in [-0.3, -0.25) is 4.79 Å². The monoisotopic (exact) mass is 263 g/mol. The third-order valence-corrected chi connectivity index (χ3v) is 3.56. The second kappa shape index (κ2) is 6.57. The summed E-state index contributed by atoms with van der Waals surface area (Å²) in [7, 11) is 1.70. The van der Waals surface area contributed by atoms with E-state index in [-0.39, 0.29) is 5.97 Å². The second-order valence-corrected chi connectivity index (χ2v) is 4.79. The predicted molar refractivity (Wildman–Crippen MR) is 73.4 cm³/mol. The van der Waals surface area contributed by atoms with Crippen LogP contribution >= 0.6 is 0 Å². The maximum Gasteiger partial charge on any atom is 0.319 e. The van der Waals surface area contributed by atoms with E-state index >= 15 is 0 Å². The van der Waals surface area contributed by atoms with Crippen LogP contribution in [0.1, 0.15) is 31.2 Å². The van der Waals surface area contributed by atoms with Crippen LogP contribution in [-0.2, 0) is 9.53 Å². The largest absolute Gasteiger partial charge is 0.496 e. The first-order valence-electron chi connectivity index (χ1n) is 6.76. The van der Waals surface area contributed by atoms with Gasteiger partial charge in [-0.15, -0.1) is 0 Å². The molecule has 0 bridgehead atoms. The van der Waals surface area contributed by atoms with E-state index in [1.165, 1.54) is 5.56 Å². The molecule has 0 amide bonds. The van der Waals surface area contributed by atoms with Crippen LogP contribution in [-0.4, -0.2) is 32.3 Å². The fourth-order valence-electron chi connectivity index (χ4n) is 2.48. The van der Waals surface area contributed by atoms with Gasteiger partial charge < -0.3 is 14.8 Å². The standard InChI is InChI=1S/C15H21NO3/c1-3-19-15(17)10-16-12-8-11(9-12)13-6-4-5-7-14(13)18-2/h4-7,11-12,16H,3,8-10H2,1-2H3.